The molecule has 0 aliphatic heterocycles. The Morgan fingerprint density at radius 2 is 2.10 bits per heavy atom. The number of carboxylic acids is 1. The van der Waals surface area contributed by atoms with Gasteiger partial charge in [-0.2, -0.15) is 0 Å². The molecule has 0 aromatic carbocycles. The van der Waals surface area contributed by atoms with Crippen LogP contribution in [0.15, 0.2) is 17.2 Å². The SMILES string of the molecule is CCn1cc(S(=O)(=O)NCCCCCOC)cc1C(=O)O. The average molecular weight is 318 g/mol. The van der Waals surface area contributed by atoms with Gasteiger partial charge in [-0.05, 0) is 32.3 Å². The van der Waals surface area contributed by atoms with Crippen LogP contribution >= 0.6 is 0 Å². The molecule has 0 unspecified atom stereocenters. The Bertz CT molecular complexity index is 565. The van der Waals surface area contributed by atoms with E-state index in [1.165, 1.54) is 16.8 Å². The molecule has 0 saturated carbocycles. The summed E-state index contributed by atoms with van der Waals surface area (Å²) >= 11 is 0. The molecule has 0 amide bonds. The molecule has 0 atom stereocenters. The second-order valence-corrected chi connectivity index (χ2v) is 6.37. The van der Waals surface area contributed by atoms with E-state index in [-0.39, 0.29) is 10.6 Å². The Hall–Kier alpha value is -1.38. The highest BCUT2D eigenvalue weighted by Gasteiger charge is 2.20. The van der Waals surface area contributed by atoms with Gasteiger partial charge in [-0.25, -0.2) is 17.9 Å². The van der Waals surface area contributed by atoms with Crippen molar-refractivity contribution in [1.29, 1.82) is 0 Å². The summed E-state index contributed by atoms with van der Waals surface area (Å²) in [5, 5.41) is 9.02. The Kier molecular flexibility index (Phi) is 6.86. The molecule has 0 spiro atoms. The molecule has 1 aromatic heterocycles. The molecule has 1 rings (SSSR count). The van der Waals surface area contributed by atoms with Crippen LogP contribution in [-0.2, 0) is 21.3 Å². The predicted molar refractivity (Wildman–Crippen MR) is 78.0 cm³/mol. The van der Waals surface area contributed by atoms with E-state index in [4.69, 9.17) is 9.84 Å². The molecule has 21 heavy (non-hydrogen) atoms. The van der Waals surface area contributed by atoms with Gasteiger partial charge in [0.2, 0.25) is 10.0 Å². The zero-order valence-electron chi connectivity index (χ0n) is 12.3. The number of rotatable bonds is 10. The third-order valence-electron chi connectivity index (χ3n) is 3.06. The summed E-state index contributed by atoms with van der Waals surface area (Å²) in [5.74, 6) is -1.14. The molecule has 0 saturated heterocycles. The molecule has 0 bridgehead atoms. The normalized spacial score (nSPS) is 11.7. The van der Waals surface area contributed by atoms with E-state index in [1.54, 1.807) is 14.0 Å². The zero-order chi connectivity index (χ0) is 15.9. The number of nitrogens with one attached hydrogen (secondary N) is 1. The first-order chi connectivity index (χ1) is 9.92. The van der Waals surface area contributed by atoms with Crippen LogP contribution in [0.1, 0.15) is 36.7 Å². The summed E-state index contributed by atoms with van der Waals surface area (Å²) in [7, 11) is -2.04. The van der Waals surface area contributed by atoms with E-state index < -0.39 is 16.0 Å². The summed E-state index contributed by atoms with van der Waals surface area (Å²) in [6.45, 7) is 3.14. The van der Waals surface area contributed by atoms with Crippen molar-refractivity contribution in [2.24, 2.45) is 0 Å². The minimum atomic E-state index is -3.66. The number of sulfonamides is 1. The lowest BCUT2D eigenvalue weighted by Crippen LogP contribution is -2.24. The van der Waals surface area contributed by atoms with Gasteiger partial charge in [0.05, 0.1) is 0 Å². The number of hydrogen-bond donors (Lipinski definition) is 2. The maximum Gasteiger partial charge on any atom is 0.352 e. The number of carboxylic acid groups (broad SMARTS) is 1. The van der Waals surface area contributed by atoms with Crippen molar-refractivity contribution in [1.82, 2.24) is 9.29 Å². The highest BCUT2D eigenvalue weighted by atomic mass is 32.2. The maximum absolute atomic E-state index is 12.1. The number of aryl methyl sites for hydroxylation is 1. The maximum atomic E-state index is 12.1. The fourth-order valence-corrected chi connectivity index (χ4v) is 3.02. The van der Waals surface area contributed by atoms with Crippen molar-refractivity contribution in [3.63, 3.8) is 0 Å². The van der Waals surface area contributed by atoms with E-state index >= 15 is 0 Å². The number of aromatic carboxylic acids is 1. The van der Waals surface area contributed by atoms with Gasteiger partial charge in [0, 0.05) is 33.0 Å². The molecular weight excluding hydrogens is 296 g/mol. The number of unbranched alkanes of at least 4 members (excludes halogenated alkanes) is 2. The van der Waals surface area contributed by atoms with Crippen molar-refractivity contribution < 1.29 is 23.1 Å². The minimum Gasteiger partial charge on any atom is -0.477 e. The van der Waals surface area contributed by atoms with Gasteiger partial charge in [0.15, 0.2) is 0 Å². The first kappa shape index (κ1) is 17.7. The lowest BCUT2D eigenvalue weighted by Gasteiger charge is -2.04. The molecule has 2 N–H and O–H groups in total. The van der Waals surface area contributed by atoms with E-state index in [9.17, 15) is 13.2 Å². The van der Waals surface area contributed by atoms with Gasteiger partial charge < -0.3 is 14.4 Å². The topological polar surface area (TPSA) is 97.6 Å². The van der Waals surface area contributed by atoms with Gasteiger partial charge in [-0.15, -0.1) is 0 Å². The van der Waals surface area contributed by atoms with Gasteiger partial charge in [0.1, 0.15) is 10.6 Å². The zero-order valence-corrected chi connectivity index (χ0v) is 13.1. The number of carbonyl (C=O) groups is 1. The van der Waals surface area contributed by atoms with Crippen LogP contribution in [0.25, 0.3) is 0 Å². The third kappa shape index (κ3) is 5.14. The average Bonchev–Trinajstić information content (AvgIpc) is 2.88. The monoisotopic (exact) mass is 318 g/mol. The largest absolute Gasteiger partial charge is 0.477 e. The van der Waals surface area contributed by atoms with Crippen LogP contribution in [-0.4, -0.2) is 44.3 Å². The Morgan fingerprint density at radius 1 is 1.38 bits per heavy atom. The van der Waals surface area contributed by atoms with Crippen LogP contribution in [0, 0.1) is 0 Å². The van der Waals surface area contributed by atoms with Crippen LogP contribution < -0.4 is 4.72 Å². The highest BCUT2D eigenvalue weighted by molar-refractivity contribution is 7.89. The molecule has 0 fully saturated rings. The molecular formula is C13H22N2O5S. The van der Waals surface area contributed by atoms with Crippen LogP contribution in [0.5, 0.6) is 0 Å². The fourth-order valence-electron chi connectivity index (χ4n) is 1.91. The van der Waals surface area contributed by atoms with E-state index in [2.05, 4.69) is 4.72 Å². The molecule has 0 aliphatic carbocycles. The molecule has 1 aromatic rings. The van der Waals surface area contributed by atoms with Crippen molar-refractivity contribution in [3.05, 3.63) is 18.0 Å². The Morgan fingerprint density at radius 3 is 2.62 bits per heavy atom. The number of hydrogen-bond acceptors (Lipinski definition) is 4. The number of aromatic nitrogens is 1. The number of ether oxygens (including phenoxy) is 1. The van der Waals surface area contributed by atoms with E-state index in [0.29, 0.717) is 26.1 Å². The second kappa shape index (κ2) is 8.16. The summed E-state index contributed by atoms with van der Waals surface area (Å²) in [6, 6.07) is 1.18. The van der Waals surface area contributed by atoms with E-state index in [1.807, 2.05) is 0 Å². The van der Waals surface area contributed by atoms with Gasteiger partial charge in [0.25, 0.3) is 0 Å². The van der Waals surface area contributed by atoms with Crippen molar-refractivity contribution in [3.8, 4) is 0 Å². The van der Waals surface area contributed by atoms with Crippen molar-refractivity contribution >= 4 is 16.0 Å². The molecule has 8 heteroatoms. The lowest BCUT2D eigenvalue weighted by atomic mass is 10.2. The van der Waals surface area contributed by atoms with Crippen molar-refractivity contribution in [2.45, 2.75) is 37.6 Å². The second-order valence-electron chi connectivity index (χ2n) is 4.60. The summed E-state index contributed by atoms with van der Waals surface area (Å²) in [5.41, 5.74) is -0.0297. The third-order valence-corrected chi connectivity index (χ3v) is 4.49. The first-order valence-corrected chi connectivity index (χ1v) is 8.32. The fraction of sp³-hybridized carbons (Fsp3) is 0.615. The molecule has 120 valence electrons. The molecule has 7 nitrogen and oxygen atoms in total. The van der Waals surface area contributed by atoms with Gasteiger partial charge >= 0.3 is 5.97 Å². The summed E-state index contributed by atoms with van der Waals surface area (Å²) < 4.78 is 33.0. The van der Waals surface area contributed by atoms with Gasteiger partial charge in [-0.3, -0.25) is 0 Å². The molecule has 0 radical (unpaired) electrons. The lowest BCUT2D eigenvalue weighted by molar-refractivity contribution is 0.0685. The van der Waals surface area contributed by atoms with Crippen molar-refractivity contribution in [2.75, 3.05) is 20.3 Å². The first-order valence-electron chi connectivity index (χ1n) is 6.84. The van der Waals surface area contributed by atoms with Crippen LogP contribution in [0.2, 0.25) is 0 Å². The summed E-state index contributed by atoms with van der Waals surface area (Å²) in [6.07, 6.45) is 3.81. The molecule has 0 aliphatic rings. The van der Waals surface area contributed by atoms with Gasteiger partial charge in [-0.1, -0.05) is 0 Å². The smallest absolute Gasteiger partial charge is 0.352 e. The van der Waals surface area contributed by atoms with Crippen LogP contribution in [0.3, 0.4) is 0 Å². The standard InChI is InChI=1S/C13H22N2O5S/c1-3-15-10-11(9-12(15)13(16)17)21(18,19)14-7-5-4-6-8-20-2/h9-10,14H,3-8H2,1-2H3,(H,16,17). The molecule has 1 heterocycles. The predicted octanol–water partition coefficient (Wildman–Crippen LogP) is 1.30. The number of nitrogens with zero attached hydrogens (tertiary/aromatic N) is 1. The minimum absolute atomic E-state index is 0.0151. The highest BCUT2D eigenvalue weighted by Crippen LogP contribution is 2.14. The quantitative estimate of drug-likeness (QED) is 0.634. The Balaban J connectivity index is 2.64. The van der Waals surface area contributed by atoms with Crippen LogP contribution in [0.4, 0.5) is 0 Å². The Labute approximate surface area is 125 Å². The number of methoxy groups -OCH3 is 1. The summed E-state index contributed by atoms with van der Waals surface area (Å²) in [4.78, 5) is 11.0. The van der Waals surface area contributed by atoms with E-state index in [0.717, 1.165) is 12.8 Å².